The molecule has 0 saturated heterocycles. The Bertz CT molecular complexity index is 649. The molecule has 4 atom stereocenters. The number of carbonyl (C=O) groups excluding carboxylic acids is 2. The summed E-state index contributed by atoms with van der Waals surface area (Å²) in [5, 5.41) is 3.15. The highest BCUT2D eigenvalue weighted by Gasteiger charge is 2.42. The van der Waals surface area contributed by atoms with Crippen LogP contribution in [0.5, 0.6) is 0 Å². The Morgan fingerprint density at radius 3 is 2.62 bits per heavy atom. The van der Waals surface area contributed by atoms with E-state index in [4.69, 9.17) is 4.74 Å². The second-order valence-electron chi connectivity index (χ2n) is 7.45. The molecule has 5 heteroatoms. The Hall–Kier alpha value is -1.78. The molecule has 4 unspecified atom stereocenters. The summed E-state index contributed by atoms with van der Waals surface area (Å²) in [5.74, 6) is 1.73. The van der Waals surface area contributed by atoms with E-state index in [0.717, 1.165) is 11.8 Å². The summed E-state index contributed by atoms with van der Waals surface area (Å²) in [4.78, 5) is 27.8. The van der Waals surface area contributed by atoms with E-state index in [9.17, 15) is 9.59 Å². The smallest absolute Gasteiger partial charge is 0.340 e. The maximum absolute atomic E-state index is 12.7. The molecule has 2 N–H and O–H groups in total. The summed E-state index contributed by atoms with van der Waals surface area (Å²) < 4.78 is 5.09. The lowest BCUT2D eigenvalue weighted by Crippen LogP contribution is -2.40. The third kappa shape index (κ3) is 2.96. The van der Waals surface area contributed by atoms with Gasteiger partial charge in [-0.05, 0) is 70.3 Å². The van der Waals surface area contributed by atoms with Crippen molar-refractivity contribution in [2.45, 2.75) is 59.4 Å². The average Bonchev–Trinajstić information content (AvgIpc) is 3.21. The van der Waals surface area contributed by atoms with Gasteiger partial charge in [-0.3, -0.25) is 4.79 Å². The molecule has 3 rings (SSSR count). The minimum atomic E-state index is -0.371. The van der Waals surface area contributed by atoms with E-state index in [1.807, 2.05) is 0 Å². The largest absolute Gasteiger partial charge is 0.462 e. The third-order valence-electron chi connectivity index (χ3n) is 5.94. The Balaban J connectivity index is 1.71. The van der Waals surface area contributed by atoms with Gasteiger partial charge >= 0.3 is 5.97 Å². The third-order valence-corrected chi connectivity index (χ3v) is 5.94. The van der Waals surface area contributed by atoms with Crippen molar-refractivity contribution in [2.75, 3.05) is 6.61 Å². The van der Waals surface area contributed by atoms with Gasteiger partial charge in [-0.1, -0.05) is 6.42 Å². The Kier molecular flexibility index (Phi) is 4.70. The summed E-state index contributed by atoms with van der Waals surface area (Å²) >= 11 is 0. The molecule has 2 aliphatic rings. The highest BCUT2D eigenvalue weighted by molar-refractivity contribution is 6.00. The van der Waals surface area contributed by atoms with E-state index >= 15 is 0 Å². The number of rotatable bonds is 5. The van der Waals surface area contributed by atoms with Crippen LogP contribution in [0.25, 0.3) is 0 Å². The van der Waals surface area contributed by atoms with E-state index in [-0.39, 0.29) is 17.9 Å². The van der Waals surface area contributed by atoms with Gasteiger partial charge in [-0.15, -0.1) is 0 Å². The molecular formula is C19H28N2O3. The van der Waals surface area contributed by atoms with Gasteiger partial charge < -0.3 is 15.0 Å². The fourth-order valence-electron chi connectivity index (χ4n) is 4.78. The minimum absolute atomic E-state index is 0.124. The molecule has 1 aromatic rings. The standard InChI is InChI=1S/C19H28N2O3/c1-5-24-19(23)16-10(2)17(20-12(16)4)18(22)21-11(3)15-9-13-6-7-14(15)8-13/h11,13-15,20H,5-9H2,1-4H3,(H,21,22). The van der Waals surface area contributed by atoms with Crippen molar-refractivity contribution in [1.82, 2.24) is 10.3 Å². The molecule has 5 nitrogen and oxygen atoms in total. The van der Waals surface area contributed by atoms with Crippen molar-refractivity contribution < 1.29 is 14.3 Å². The van der Waals surface area contributed by atoms with Crippen molar-refractivity contribution in [3.63, 3.8) is 0 Å². The van der Waals surface area contributed by atoms with Crippen molar-refractivity contribution in [2.24, 2.45) is 17.8 Å². The summed E-state index contributed by atoms with van der Waals surface area (Å²) in [6.07, 6.45) is 5.24. The van der Waals surface area contributed by atoms with Crippen molar-refractivity contribution >= 4 is 11.9 Å². The molecule has 2 saturated carbocycles. The number of amides is 1. The lowest BCUT2D eigenvalue weighted by molar-refractivity contribution is 0.0525. The molecule has 0 radical (unpaired) electrons. The first-order valence-electron chi connectivity index (χ1n) is 9.09. The van der Waals surface area contributed by atoms with Crippen LogP contribution < -0.4 is 5.32 Å². The number of hydrogen-bond acceptors (Lipinski definition) is 3. The number of carbonyl (C=O) groups is 2. The monoisotopic (exact) mass is 332 g/mol. The van der Waals surface area contributed by atoms with Crippen LogP contribution in [-0.2, 0) is 4.74 Å². The van der Waals surface area contributed by atoms with E-state index < -0.39 is 0 Å². The van der Waals surface area contributed by atoms with Crippen molar-refractivity contribution in [3.8, 4) is 0 Å². The van der Waals surface area contributed by atoms with Crippen LogP contribution >= 0.6 is 0 Å². The van der Waals surface area contributed by atoms with Gasteiger partial charge in [0, 0.05) is 11.7 Å². The summed E-state index contributed by atoms with van der Waals surface area (Å²) in [5.41, 5.74) is 2.31. The van der Waals surface area contributed by atoms with Gasteiger partial charge in [0.1, 0.15) is 5.69 Å². The zero-order valence-electron chi connectivity index (χ0n) is 15.1. The van der Waals surface area contributed by atoms with Crippen molar-refractivity contribution in [3.05, 3.63) is 22.5 Å². The maximum Gasteiger partial charge on any atom is 0.340 e. The molecule has 0 aromatic carbocycles. The van der Waals surface area contributed by atoms with Crippen LogP contribution in [0.15, 0.2) is 0 Å². The summed E-state index contributed by atoms with van der Waals surface area (Å²) in [6.45, 7) is 7.81. The fraction of sp³-hybridized carbons (Fsp3) is 0.684. The number of aromatic nitrogens is 1. The number of nitrogens with one attached hydrogen (secondary N) is 2. The van der Waals surface area contributed by atoms with Gasteiger partial charge in [-0.25, -0.2) is 4.79 Å². The summed E-state index contributed by atoms with van der Waals surface area (Å²) in [6, 6.07) is 0.168. The van der Waals surface area contributed by atoms with Crippen LogP contribution in [0.2, 0.25) is 0 Å². The van der Waals surface area contributed by atoms with Crippen LogP contribution in [0.1, 0.15) is 71.6 Å². The predicted molar refractivity (Wildman–Crippen MR) is 92.1 cm³/mol. The first-order chi connectivity index (χ1) is 11.4. The van der Waals surface area contributed by atoms with E-state index in [1.165, 1.54) is 25.7 Å². The number of aromatic amines is 1. The molecule has 2 bridgehead atoms. The van der Waals surface area contributed by atoms with E-state index in [0.29, 0.717) is 35.0 Å². The Morgan fingerprint density at radius 2 is 2.04 bits per heavy atom. The fourth-order valence-corrected chi connectivity index (χ4v) is 4.78. The number of esters is 1. The van der Waals surface area contributed by atoms with Crippen LogP contribution in [-0.4, -0.2) is 29.5 Å². The van der Waals surface area contributed by atoms with Gasteiger partial charge in [0.15, 0.2) is 0 Å². The van der Waals surface area contributed by atoms with Gasteiger partial charge in [0.05, 0.1) is 12.2 Å². The highest BCUT2D eigenvalue weighted by atomic mass is 16.5. The maximum atomic E-state index is 12.7. The van der Waals surface area contributed by atoms with E-state index in [2.05, 4.69) is 17.2 Å². The number of H-pyrrole nitrogens is 1. The zero-order chi connectivity index (χ0) is 17.4. The summed E-state index contributed by atoms with van der Waals surface area (Å²) in [7, 11) is 0. The lowest BCUT2D eigenvalue weighted by Gasteiger charge is -2.28. The van der Waals surface area contributed by atoms with Gasteiger partial charge in [-0.2, -0.15) is 0 Å². The number of hydrogen-bond donors (Lipinski definition) is 2. The molecular weight excluding hydrogens is 304 g/mol. The lowest BCUT2D eigenvalue weighted by atomic mass is 9.84. The van der Waals surface area contributed by atoms with E-state index in [1.54, 1.807) is 20.8 Å². The predicted octanol–water partition coefficient (Wildman–Crippen LogP) is 3.36. The second-order valence-corrected chi connectivity index (χ2v) is 7.45. The van der Waals surface area contributed by atoms with Crippen LogP contribution in [0.4, 0.5) is 0 Å². The van der Waals surface area contributed by atoms with Crippen LogP contribution in [0.3, 0.4) is 0 Å². The molecule has 2 fully saturated rings. The minimum Gasteiger partial charge on any atom is -0.462 e. The first kappa shape index (κ1) is 17.1. The molecule has 2 aliphatic carbocycles. The molecule has 1 heterocycles. The van der Waals surface area contributed by atoms with Gasteiger partial charge in [0.2, 0.25) is 0 Å². The molecule has 0 spiro atoms. The number of ether oxygens (including phenoxy) is 1. The quantitative estimate of drug-likeness (QED) is 0.812. The van der Waals surface area contributed by atoms with Crippen molar-refractivity contribution in [1.29, 1.82) is 0 Å². The first-order valence-corrected chi connectivity index (χ1v) is 9.09. The highest BCUT2D eigenvalue weighted by Crippen LogP contribution is 2.49. The van der Waals surface area contributed by atoms with Gasteiger partial charge in [0.25, 0.3) is 5.91 Å². The molecule has 1 amide bonds. The normalized spacial score (nSPS) is 26.4. The van der Waals surface area contributed by atoms with Crippen LogP contribution in [0, 0.1) is 31.6 Å². The zero-order valence-corrected chi connectivity index (χ0v) is 15.1. The number of fused-ring (bicyclic) bond motifs is 2. The molecule has 0 aliphatic heterocycles. The second kappa shape index (κ2) is 6.61. The molecule has 24 heavy (non-hydrogen) atoms. The Labute approximate surface area is 143 Å². The number of aryl methyl sites for hydroxylation is 1. The average molecular weight is 332 g/mol. The molecule has 1 aromatic heterocycles. The SMILES string of the molecule is CCOC(=O)c1c(C)[nH]c(C(=O)NC(C)C2CC3CCC2C3)c1C. The Morgan fingerprint density at radius 1 is 1.29 bits per heavy atom. The molecule has 132 valence electrons. The topological polar surface area (TPSA) is 71.2 Å².